The molecule has 1 aliphatic heterocycles. The molecule has 78 valence electrons. The molecule has 0 fully saturated rings. The van der Waals surface area contributed by atoms with Crippen molar-refractivity contribution in [1.82, 2.24) is 0 Å². The van der Waals surface area contributed by atoms with Crippen molar-refractivity contribution in [3.05, 3.63) is 35.4 Å². The SMILES string of the molecule is CC.CC1(C)COCc2ccccc21. The Labute approximate surface area is 87.1 Å². The molecule has 2 rings (SSSR count). The molecule has 0 aromatic heterocycles. The highest BCUT2D eigenvalue weighted by atomic mass is 16.5. The van der Waals surface area contributed by atoms with Gasteiger partial charge in [0, 0.05) is 5.41 Å². The lowest BCUT2D eigenvalue weighted by Gasteiger charge is -2.32. The monoisotopic (exact) mass is 192 g/mol. The van der Waals surface area contributed by atoms with Crippen LogP contribution in [0.3, 0.4) is 0 Å². The average molecular weight is 192 g/mol. The van der Waals surface area contributed by atoms with E-state index < -0.39 is 0 Å². The van der Waals surface area contributed by atoms with Crippen LogP contribution in [0.4, 0.5) is 0 Å². The predicted octanol–water partition coefficient (Wildman–Crippen LogP) is 3.52. The predicted molar refractivity (Wildman–Crippen MR) is 60.5 cm³/mol. The fourth-order valence-electron chi connectivity index (χ4n) is 1.80. The summed E-state index contributed by atoms with van der Waals surface area (Å²) in [6, 6.07) is 8.53. The molecule has 0 radical (unpaired) electrons. The van der Waals surface area contributed by atoms with Crippen LogP contribution in [0, 0.1) is 0 Å². The van der Waals surface area contributed by atoms with Gasteiger partial charge in [0.25, 0.3) is 0 Å². The molecule has 0 spiro atoms. The minimum atomic E-state index is 0.189. The van der Waals surface area contributed by atoms with Crippen molar-refractivity contribution in [2.24, 2.45) is 0 Å². The summed E-state index contributed by atoms with van der Waals surface area (Å²) in [4.78, 5) is 0. The van der Waals surface area contributed by atoms with Crippen molar-refractivity contribution in [2.45, 2.75) is 39.7 Å². The molecule has 0 saturated heterocycles. The van der Waals surface area contributed by atoms with Crippen LogP contribution < -0.4 is 0 Å². The Balaban J connectivity index is 0.000000461. The zero-order valence-corrected chi connectivity index (χ0v) is 9.63. The molecular weight excluding hydrogens is 172 g/mol. The molecule has 1 aromatic carbocycles. The van der Waals surface area contributed by atoms with E-state index in [-0.39, 0.29) is 5.41 Å². The summed E-state index contributed by atoms with van der Waals surface area (Å²) in [6.45, 7) is 10.1. The van der Waals surface area contributed by atoms with Crippen LogP contribution in [-0.2, 0) is 16.8 Å². The van der Waals surface area contributed by atoms with Gasteiger partial charge >= 0.3 is 0 Å². The maximum atomic E-state index is 5.51. The third-order valence-corrected chi connectivity index (χ3v) is 2.47. The van der Waals surface area contributed by atoms with Crippen LogP contribution in [0.15, 0.2) is 24.3 Å². The van der Waals surface area contributed by atoms with Gasteiger partial charge < -0.3 is 4.74 Å². The number of ether oxygens (including phenoxy) is 1. The highest BCUT2D eigenvalue weighted by molar-refractivity contribution is 5.34. The van der Waals surface area contributed by atoms with Gasteiger partial charge in [-0.25, -0.2) is 0 Å². The second-order valence-electron chi connectivity index (χ2n) is 4.03. The molecule has 1 aliphatic rings. The minimum absolute atomic E-state index is 0.189. The first-order valence-electron chi connectivity index (χ1n) is 5.36. The molecule has 0 amide bonds. The normalized spacial score (nSPS) is 17.7. The Morgan fingerprint density at radius 3 is 2.43 bits per heavy atom. The van der Waals surface area contributed by atoms with E-state index >= 15 is 0 Å². The highest BCUT2D eigenvalue weighted by Crippen LogP contribution is 2.31. The molecule has 0 N–H and O–H groups in total. The quantitative estimate of drug-likeness (QED) is 0.611. The summed E-state index contributed by atoms with van der Waals surface area (Å²) in [7, 11) is 0. The number of fused-ring (bicyclic) bond motifs is 1. The third-order valence-electron chi connectivity index (χ3n) is 2.47. The molecule has 14 heavy (non-hydrogen) atoms. The standard InChI is InChI=1S/C11H14O.C2H6/c1-11(2)8-12-7-9-5-3-4-6-10(9)11;1-2/h3-6H,7-8H2,1-2H3;1-2H3. The number of hydrogen-bond donors (Lipinski definition) is 0. The molecule has 0 unspecified atom stereocenters. The summed E-state index contributed by atoms with van der Waals surface area (Å²) in [5.41, 5.74) is 2.97. The topological polar surface area (TPSA) is 9.23 Å². The first-order valence-corrected chi connectivity index (χ1v) is 5.36. The summed E-state index contributed by atoms with van der Waals surface area (Å²) < 4.78 is 5.51. The molecule has 1 heterocycles. The Bertz CT molecular complexity index is 289. The maximum absolute atomic E-state index is 5.51. The minimum Gasteiger partial charge on any atom is -0.376 e. The van der Waals surface area contributed by atoms with Crippen LogP contribution in [0.5, 0.6) is 0 Å². The van der Waals surface area contributed by atoms with Crippen molar-refractivity contribution < 1.29 is 4.74 Å². The molecule has 1 aromatic rings. The first kappa shape index (κ1) is 11.3. The van der Waals surface area contributed by atoms with E-state index in [1.165, 1.54) is 11.1 Å². The van der Waals surface area contributed by atoms with E-state index in [1.807, 2.05) is 13.8 Å². The third kappa shape index (κ3) is 2.16. The van der Waals surface area contributed by atoms with Gasteiger partial charge in [0.1, 0.15) is 0 Å². The molecule has 0 atom stereocenters. The lowest BCUT2D eigenvalue weighted by molar-refractivity contribution is 0.0642. The van der Waals surface area contributed by atoms with E-state index in [0.29, 0.717) is 0 Å². The van der Waals surface area contributed by atoms with E-state index in [0.717, 1.165) is 13.2 Å². The summed E-state index contributed by atoms with van der Waals surface area (Å²) >= 11 is 0. The van der Waals surface area contributed by atoms with Gasteiger partial charge in [0.05, 0.1) is 13.2 Å². The molecule has 1 nitrogen and oxygen atoms in total. The van der Waals surface area contributed by atoms with E-state index in [1.54, 1.807) is 0 Å². The van der Waals surface area contributed by atoms with Crippen molar-refractivity contribution in [1.29, 1.82) is 0 Å². The van der Waals surface area contributed by atoms with Gasteiger partial charge in [0.15, 0.2) is 0 Å². The van der Waals surface area contributed by atoms with Crippen LogP contribution >= 0.6 is 0 Å². The van der Waals surface area contributed by atoms with Crippen LogP contribution in [0.25, 0.3) is 0 Å². The molecular formula is C13H20O. The van der Waals surface area contributed by atoms with Gasteiger partial charge in [-0.05, 0) is 11.1 Å². The zero-order chi connectivity index (χ0) is 10.6. The average Bonchev–Trinajstić information content (AvgIpc) is 2.21. The maximum Gasteiger partial charge on any atom is 0.0720 e. The number of rotatable bonds is 0. The second kappa shape index (κ2) is 4.61. The smallest absolute Gasteiger partial charge is 0.0720 e. The Hall–Kier alpha value is -0.820. The molecule has 0 saturated carbocycles. The van der Waals surface area contributed by atoms with Crippen LogP contribution in [0.2, 0.25) is 0 Å². The van der Waals surface area contributed by atoms with Gasteiger partial charge in [0.2, 0.25) is 0 Å². The largest absolute Gasteiger partial charge is 0.376 e. The Morgan fingerprint density at radius 1 is 1.14 bits per heavy atom. The van der Waals surface area contributed by atoms with Crippen molar-refractivity contribution in [3.63, 3.8) is 0 Å². The summed E-state index contributed by atoms with van der Waals surface area (Å²) in [6.07, 6.45) is 0. The Morgan fingerprint density at radius 2 is 1.79 bits per heavy atom. The fraction of sp³-hybridized carbons (Fsp3) is 0.538. The molecule has 1 heteroatoms. The second-order valence-corrected chi connectivity index (χ2v) is 4.03. The van der Waals surface area contributed by atoms with Crippen molar-refractivity contribution in [3.8, 4) is 0 Å². The van der Waals surface area contributed by atoms with Gasteiger partial charge in [-0.3, -0.25) is 0 Å². The van der Waals surface area contributed by atoms with Gasteiger partial charge in [-0.15, -0.1) is 0 Å². The molecule has 0 aliphatic carbocycles. The summed E-state index contributed by atoms with van der Waals surface area (Å²) in [5.74, 6) is 0. The highest BCUT2D eigenvalue weighted by Gasteiger charge is 2.27. The first-order chi connectivity index (χ1) is 6.70. The lowest BCUT2D eigenvalue weighted by atomic mass is 9.81. The van der Waals surface area contributed by atoms with Crippen LogP contribution in [0.1, 0.15) is 38.8 Å². The van der Waals surface area contributed by atoms with E-state index in [4.69, 9.17) is 4.74 Å². The summed E-state index contributed by atoms with van der Waals surface area (Å²) in [5, 5.41) is 0. The van der Waals surface area contributed by atoms with Crippen LogP contribution in [-0.4, -0.2) is 6.61 Å². The lowest BCUT2D eigenvalue weighted by Crippen LogP contribution is -2.30. The van der Waals surface area contributed by atoms with E-state index in [9.17, 15) is 0 Å². The molecule has 0 bridgehead atoms. The zero-order valence-electron chi connectivity index (χ0n) is 9.63. The van der Waals surface area contributed by atoms with Gasteiger partial charge in [-0.1, -0.05) is 52.0 Å². The Kier molecular flexibility index (Phi) is 3.70. The number of benzene rings is 1. The fourth-order valence-corrected chi connectivity index (χ4v) is 1.80. The number of hydrogen-bond acceptors (Lipinski definition) is 1. The van der Waals surface area contributed by atoms with E-state index in [2.05, 4.69) is 38.1 Å². The van der Waals surface area contributed by atoms with Crippen molar-refractivity contribution in [2.75, 3.05) is 6.61 Å². The van der Waals surface area contributed by atoms with Crippen molar-refractivity contribution >= 4 is 0 Å². The van der Waals surface area contributed by atoms with Gasteiger partial charge in [-0.2, -0.15) is 0 Å².